The zero-order chi connectivity index (χ0) is 12.1. The first-order chi connectivity index (χ1) is 8.33. The molecule has 1 atom stereocenters. The summed E-state index contributed by atoms with van der Waals surface area (Å²) in [5.41, 5.74) is 0. The van der Waals surface area contributed by atoms with Crippen LogP contribution in [0.15, 0.2) is 0 Å². The largest absolute Gasteiger partial charge is 0.298 e. The third kappa shape index (κ3) is 3.20. The summed E-state index contributed by atoms with van der Waals surface area (Å²) in [6.45, 7) is 6.49. The van der Waals surface area contributed by atoms with Crippen LogP contribution < -0.4 is 0 Å². The smallest absolute Gasteiger partial charge is 0.0876 e. The van der Waals surface area contributed by atoms with Gasteiger partial charge in [0, 0.05) is 19.1 Å². The maximum atomic E-state index is 8.82. The molecule has 0 bridgehead atoms. The number of nitriles is 1. The Morgan fingerprint density at radius 1 is 1.12 bits per heavy atom. The van der Waals surface area contributed by atoms with Gasteiger partial charge >= 0.3 is 0 Å². The van der Waals surface area contributed by atoms with Crippen molar-refractivity contribution in [2.75, 3.05) is 45.9 Å². The van der Waals surface area contributed by atoms with Crippen molar-refractivity contribution in [3.05, 3.63) is 0 Å². The first-order valence-corrected chi connectivity index (χ1v) is 6.32. The van der Waals surface area contributed by atoms with Crippen LogP contribution in [-0.2, 0) is 0 Å². The summed E-state index contributed by atoms with van der Waals surface area (Å²) in [6, 6.07) is 2.79. The van der Waals surface area contributed by atoms with Gasteiger partial charge in [-0.1, -0.05) is 5.92 Å². The molecule has 0 aromatic heterocycles. The van der Waals surface area contributed by atoms with E-state index < -0.39 is 0 Å². The lowest BCUT2D eigenvalue weighted by Crippen LogP contribution is -2.57. The molecule has 0 amide bonds. The Balaban J connectivity index is 1.95. The Morgan fingerprint density at radius 3 is 2.35 bits per heavy atom. The minimum atomic E-state index is 0.505. The molecule has 0 spiro atoms. The van der Waals surface area contributed by atoms with Crippen LogP contribution in [0.2, 0.25) is 0 Å². The predicted octanol–water partition coefficient (Wildman–Crippen LogP) is 0.183. The molecule has 17 heavy (non-hydrogen) atoms. The third-order valence-corrected chi connectivity index (χ3v) is 3.60. The first-order valence-electron chi connectivity index (χ1n) is 6.32. The van der Waals surface area contributed by atoms with E-state index in [0.29, 0.717) is 19.1 Å². The molecule has 0 N–H and O–H groups in total. The third-order valence-electron chi connectivity index (χ3n) is 3.60. The van der Waals surface area contributed by atoms with Gasteiger partial charge in [0.05, 0.1) is 25.8 Å². The van der Waals surface area contributed by atoms with E-state index in [2.05, 4.69) is 26.7 Å². The molecule has 4 heteroatoms. The van der Waals surface area contributed by atoms with Crippen molar-refractivity contribution in [2.45, 2.75) is 18.9 Å². The Bertz CT molecular complexity index is 297. The van der Waals surface area contributed by atoms with Gasteiger partial charge in [0.25, 0.3) is 0 Å². The summed E-state index contributed by atoms with van der Waals surface area (Å²) in [6.07, 6.45) is 8.01. The molecule has 1 unspecified atom stereocenters. The van der Waals surface area contributed by atoms with Crippen molar-refractivity contribution in [1.82, 2.24) is 14.7 Å². The van der Waals surface area contributed by atoms with Crippen LogP contribution >= 0.6 is 0 Å². The molecule has 2 fully saturated rings. The number of terminal acetylenes is 1. The molecule has 4 nitrogen and oxygen atoms in total. The van der Waals surface area contributed by atoms with Gasteiger partial charge in [-0.3, -0.25) is 14.7 Å². The van der Waals surface area contributed by atoms with E-state index in [9.17, 15) is 0 Å². The minimum absolute atomic E-state index is 0.505. The molecule has 2 saturated heterocycles. The highest BCUT2D eigenvalue weighted by Gasteiger charge is 2.30. The maximum absolute atomic E-state index is 8.82. The van der Waals surface area contributed by atoms with E-state index in [1.165, 1.54) is 25.9 Å². The van der Waals surface area contributed by atoms with Gasteiger partial charge in [-0.15, -0.1) is 6.42 Å². The fourth-order valence-corrected chi connectivity index (χ4v) is 2.85. The number of hydrogen-bond donors (Lipinski definition) is 0. The molecule has 0 saturated carbocycles. The number of rotatable bonds is 3. The van der Waals surface area contributed by atoms with Gasteiger partial charge in [-0.25, -0.2) is 0 Å². The summed E-state index contributed by atoms with van der Waals surface area (Å²) in [5.74, 6) is 2.71. The minimum Gasteiger partial charge on any atom is -0.298 e. The Labute approximate surface area is 104 Å². The summed E-state index contributed by atoms with van der Waals surface area (Å²) in [5, 5.41) is 8.82. The van der Waals surface area contributed by atoms with Crippen LogP contribution in [-0.4, -0.2) is 66.7 Å². The van der Waals surface area contributed by atoms with E-state index in [4.69, 9.17) is 11.7 Å². The second-order valence-electron chi connectivity index (χ2n) is 4.92. The first kappa shape index (κ1) is 12.4. The molecule has 2 aliphatic heterocycles. The Hall–Kier alpha value is -1.07. The second-order valence-corrected chi connectivity index (χ2v) is 4.92. The number of likely N-dealkylation sites (tertiary alicyclic amines) is 1. The average Bonchev–Trinajstić information content (AvgIpc) is 2.83. The highest BCUT2D eigenvalue weighted by atomic mass is 15.4. The SMILES string of the molecule is C#CCN1CC(N2CCCC2)CN(CC#N)C1. The van der Waals surface area contributed by atoms with Gasteiger partial charge in [0.15, 0.2) is 0 Å². The van der Waals surface area contributed by atoms with Gasteiger partial charge in [-0.2, -0.15) is 5.26 Å². The molecule has 0 aliphatic carbocycles. The van der Waals surface area contributed by atoms with Crippen LogP contribution in [0.25, 0.3) is 0 Å². The Kier molecular flexibility index (Phi) is 4.39. The standard InChI is InChI=1S/C13H20N4/c1-2-6-15-10-13(17-7-3-4-8-17)11-16(12-15)9-5-14/h1,13H,3-4,6-12H2. The zero-order valence-corrected chi connectivity index (χ0v) is 10.3. The van der Waals surface area contributed by atoms with E-state index in [0.717, 1.165) is 19.8 Å². The van der Waals surface area contributed by atoms with Crippen molar-refractivity contribution in [3.63, 3.8) is 0 Å². The maximum Gasteiger partial charge on any atom is 0.0876 e. The lowest BCUT2D eigenvalue weighted by Gasteiger charge is -2.42. The molecule has 92 valence electrons. The van der Waals surface area contributed by atoms with Gasteiger partial charge in [0.1, 0.15) is 0 Å². The van der Waals surface area contributed by atoms with Gasteiger partial charge in [0.2, 0.25) is 0 Å². The fourth-order valence-electron chi connectivity index (χ4n) is 2.85. The quantitative estimate of drug-likeness (QED) is 0.513. The average molecular weight is 232 g/mol. The second kappa shape index (κ2) is 6.02. The topological polar surface area (TPSA) is 33.5 Å². The van der Waals surface area contributed by atoms with E-state index in [1.807, 2.05) is 0 Å². The van der Waals surface area contributed by atoms with Gasteiger partial charge < -0.3 is 0 Å². The lowest BCUT2D eigenvalue weighted by atomic mass is 10.2. The molecule has 0 aromatic rings. The van der Waals surface area contributed by atoms with Crippen molar-refractivity contribution >= 4 is 0 Å². The fraction of sp³-hybridized carbons (Fsp3) is 0.769. The molecule has 2 rings (SSSR count). The van der Waals surface area contributed by atoms with Crippen molar-refractivity contribution < 1.29 is 0 Å². The molecule has 2 aliphatic rings. The van der Waals surface area contributed by atoms with Crippen LogP contribution in [0.4, 0.5) is 0 Å². The summed E-state index contributed by atoms with van der Waals surface area (Å²) < 4.78 is 0. The molecule has 0 aromatic carbocycles. The summed E-state index contributed by atoms with van der Waals surface area (Å²) in [4.78, 5) is 7.01. The highest BCUT2D eigenvalue weighted by molar-refractivity contribution is 4.94. The van der Waals surface area contributed by atoms with Crippen LogP contribution in [0.1, 0.15) is 12.8 Å². The predicted molar refractivity (Wildman–Crippen MR) is 67.1 cm³/mol. The van der Waals surface area contributed by atoms with Gasteiger partial charge in [-0.05, 0) is 25.9 Å². The van der Waals surface area contributed by atoms with E-state index >= 15 is 0 Å². The number of hydrogen-bond acceptors (Lipinski definition) is 4. The summed E-state index contributed by atoms with van der Waals surface area (Å²) in [7, 11) is 0. The van der Waals surface area contributed by atoms with E-state index in [-0.39, 0.29) is 0 Å². The molecule has 0 radical (unpaired) electrons. The van der Waals surface area contributed by atoms with Crippen molar-refractivity contribution in [2.24, 2.45) is 0 Å². The van der Waals surface area contributed by atoms with Crippen LogP contribution in [0, 0.1) is 23.7 Å². The molecular formula is C13H20N4. The molecular weight excluding hydrogens is 212 g/mol. The van der Waals surface area contributed by atoms with E-state index in [1.54, 1.807) is 0 Å². The lowest BCUT2D eigenvalue weighted by molar-refractivity contribution is 0.0378. The number of nitrogens with zero attached hydrogens (tertiary/aromatic N) is 4. The highest BCUT2D eigenvalue weighted by Crippen LogP contribution is 2.17. The van der Waals surface area contributed by atoms with Crippen LogP contribution in [0.3, 0.4) is 0 Å². The Morgan fingerprint density at radius 2 is 1.76 bits per heavy atom. The van der Waals surface area contributed by atoms with Crippen molar-refractivity contribution in [1.29, 1.82) is 5.26 Å². The monoisotopic (exact) mass is 232 g/mol. The zero-order valence-electron chi connectivity index (χ0n) is 10.3. The van der Waals surface area contributed by atoms with Crippen LogP contribution in [0.5, 0.6) is 0 Å². The summed E-state index contributed by atoms with van der Waals surface area (Å²) >= 11 is 0. The van der Waals surface area contributed by atoms with Crippen molar-refractivity contribution in [3.8, 4) is 18.4 Å². The normalized spacial score (nSPS) is 27.8. The molecule has 2 heterocycles.